The topological polar surface area (TPSA) is 70.7 Å². The second-order valence-electron chi connectivity index (χ2n) is 7.74. The maximum absolute atomic E-state index is 12.2. The van der Waals surface area contributed by atoms with Gasteiger partial charge in [-0.3, -0.25) is 14.5 Å². The zero-order valence-electron chi connectivity index (χ0n) is 18.2. The lowest BCUT2D eigenvalue weighted by molar-refractivity contribution is -0.139. The van der Waals surface area contributed by atoms with Crippen molar-refractivity contribution in [2.45, 2.75) is 30.8 Å². The summed E-state index contributed by atoms with van der Waals surface area (Å²) in [5, 5.41) is 5.46. The SMILES string of the molecule is COc1ccccc1CNC(=O)C(=O)NCC1CCN(Cc2ccccc2SC)CC1. The van der Waals surface area contributed by atoms with E-state index >= 15 is 0 Å². The molecule has 2 N–H and O–H groups in total. The van der Waals surface area contributed by atoms with E-state index in [0.717, 1.165) is 38.0 Å². The van der Waals surface area contributed by atoms with E-state index in [-0.39, 0.29) is 6.54 Å². The maximum Gasteiger partial charge on any atom is 0.309 e. The Morgan fingerprint density at radius 1 is 1.00 bits per heavy atom. The largest absolute Gasteiger partial charge is 0.496 e. The van der Waals surface area contributed by atoms with Crippen LogP contribution in [0.15, 0.2) is 53.4 Å². The molecule has 2 aromatic carbocycles. The number of benzene rings is 2. The number of carbonyl (C=O) groups is 2. The summed E-state index contributed by atoms with van der Waals surface area (Å²) in [5.41, 5.74) is 2.20. The van der Waals surface area contributed by atoms with Crippen molar-refractivity contribution < 1.29 is 14.3 Å². The summed E-state index contributed by atoms with van der Waals surface area (Å²) in [5.74, 6) is -0.101. The Labute approximate surface area is 188 Å². The van der Waals surface area contributed by atoms with Crippen LogP contribution in [0, 0.1) is 5.92 Å². The number of methoxy groups -OCH3 is 1. The van der Waals surface area contributed by atoms with Crippen molar-refractivity contribution in [3.05, 3.63) is 59.7 Å². The number of thioether (sulfide) groups is 1. The summed E-state index contributed by atoms with van der Waals surface area (Å²) in [6.07, 6.45) is 4.15. The summed E-state index contributed by atoms with van der Waals surface area (Å²) >= 11 is 1.78. The number of amides is 2. The molecule has 0 unspecified atom stereocenters. The van der Waals surface area contributed by atoms with Gasteiger partial charge in [0.1, 0.15) is 5.75 Å². The lowest BCUT2D eigenvalue weighted by atomic mass is 9.96. The highest BCUT2D eigenvalue weighted by Gasteiger charge is 2.22. The molecule has 1 heterocycles. The fourth-order valence-corrected chi connectivity index (χ4v) is 4.45. The van der Waals surface area contributed by atoms with Gasteiger partial charge in [-0.15, -0.1) is 11.8 Å². The highest BCUT2D eigenvalue weighted by molar-refractivity contribution is 7.98. The Balaban J connectivity index is 1.38. The summed E-state index contributed by atoms with van der Waals surface area (Å²) in [4.78, 5) is 28.1. The van der Waals surface area contributed by atoms with Crippen LogP contribution < -0.4 is 15.4 Å². The minimum Gasteiger partial charge on any atom is -0.496 e. The van der Waals surface area contributed by atoms with Crippen LogP contribution in [0.5, 0.6) is 5.75 Å². The standard InChI is InChI=1S/C24H31N3O3S/c1-30-21-9-5-3-7-19(21)16-26-24(29)23(28)25-15-18-11-13-27(14-12-18)17-20-8-4-6-10-22(20)31-2/h3-10,18H,11-17H2,1-2H3,(H,25,28)(H,26,29). The van der Waals surface area contributed by atoms with E-state index in [2.05, 4.69) is 46.1 Å². The fourth-order valence-electron chi connectivity index (χ4n) is 3.85. The number of carbonyl (C=O) groups excluding carboxylic acids is 2. The van der Waals surface area contributed by atoms with Gasteiger partial charge < -0.3 is 15.4 Å². The van der Waals surface area contributed by atoms with E-state index in [1.807, 2.05) is 24.3 Å². The van der Waals surface area contributed by atoms with Crippen molar-refractivity contribution in [1.29, 1.82) is 0 Å². The highest BCUT2D eigenvalue weighted by Crippen LogP contribution is 2.24. The van der Waals surface area contributed by atoms with Crippen LogP contribution in [0.3, 0.4) is 0 Å². The third kappa shape index (κ3) is 6.74. The number of ether oxygens (including phenoxy) is 1. The number of piperidine rings is 1. The molecule has 1 saturated heterocycles. The molecule has 2 aromatic rings. The van der Waals surface area contributed by atoms with E-state index in [4.69, 9.17) is 4.74 Å². The van der Waals surface area contributed by atoms with E-state index < -0.39 is 11.8 Å². The minimum absolute atomic E-state index is 0.256. The van der Waals surface area contributed by atoms with Gasteiger partial charge in [-0.2, -0.15) is 0 Å². The molecule has 0 saturated carbocycles. The summed E-state index contributed by atoms with van der Waals surface area (Å²) in [6, 6.07) is 16.0. The normalized spacial score (nSPS) is 14.8. The summed E-state index contributed by atoms with van der Waals surface area (Å²) < 4.78 is 5.27. The number of nitrogens with one attached hydrogen (secondary N) is 2. The molecular formula is C24H31N3O3S. The van der Waals surface area contributed by atoms with Crippen molar-refractivity contribution in [2.75, 3.05) is 33.0 Å². The monoisotopic (exact) mass is 441 g/mol. The van der Waals surface area contributed by atoms with E-state index in [0.29, 0.717) is 18.2 Å². The second kappa shape index (κ2) is 11.8. The molecule has 6 nitrogen and oxygen atoms in total. The zero-order valence-corrected chi connectivity index (χ0v) is 19.0. The quantitative estimate of drug-likeness (QED) is 0.487. The number of hydrogen-bond acceptors (Lipinski definition) is 5. The second-order valence-corrected chi connectivity index (χ2v) is 8.58. The molecule has 0 bridgehead atoms. The molecule has 1 aliphatic heterocycles. The van der Waals surface area contributed by atoms with Crippen LogP contribution >= 0.6 is 11.8 Å². The maximum atomic E-state index is 12.2. The van der Waals surface area contributed by atoms with Gasteiger partial charge in [0.2, 0.25) is 0 Å². The molecular weight excluding hydrogens is 410 g/mol. The lowest BCUT2D eigenvalue weighted by Gasteiger charge is -2.32. The van der Waals surface area contributed by atoms with Gasteiger partial charge in [0, 0.05) is 30.1 Å². The van der Waals surface area contributed by atoms with Crippen LogP contribution in [-0.4, -0.2) is 49.7 Å². The summed E-state index contributed by atoms with van der Waals surface area (Å²) in [7, 11) is 1.58. The van der Waals surface area contributed by atoms with Crippen molar-refractivity contribution in [3.63, 3.8) is 0 Å². The first-order chi connectivity index (χ1) is 15.1. The Morgan fingerprint density at radius 2 is 1.65 bits per heavy atom. The first kappa shape index (κ1) is 23.2. The number of rotatable bonds is 8. The lowest BCUT2D eigenvalue weighted by Crippen LogP contribution is -2.43. The van der Waals surface area contributed by atoms with Crippen molar-refractivity contribution in [1.82, 2.24) is 15.5 Å². The molecule has 0 radical (unpaired) electrons. The third-order valence-corrected chi connectivity index (χ3v) is 6.52. The third-order valence-electron chi connectivity index (χ3n) is 5.68. The molecule has 0 aromatic heterocycles. The van der Waals surface area contributed by atoms with Crippen LogP contribution in [0.4, 0.5) is 0 Å². The van der Waals surface area contributed by atoms with Crippen LogP contribution in [0.1, 0.15) is 24.0 Å². The molecule has 7 heteroatoms. The predicted octanol–water partition coefficient (Wildman–Crippen LogP) is 3.06. The molecule has 0 atom stereocenters. The average molecular weight is 442 g/mol. The molecule has 2 amide bonds. The van der Waals surface area contributed by atoms with E-state index in [1.54, 1.807) is 18.9 Å². The zero-order chi connectivity index (χ0) is 22.1. The highest BCUT2D eigenvalue weighted by atomic mass is 32.2. The number of nitrogens with zero attached hydrogens (tertiary/aromatic N) is 1. The predicted molar refractivity (Wildman–Crippen MR) is 124 cm³/mol. The van der Waals surface area contributed by atoms with Gasteiger partial charge in [-0.25, -0.2) is 0 Å². The Morgan fingerprint density at radius 3 is 2.35 bits per heavy atom. The molecule has 166 valence electrons. The fraction of sp³-hybridized carbons (Fsp3) is 0.417. The summed E-state index contributed by atoms with van der Waals surface area (Å²) in [6.45, 7) is 3.76. The van der Waals surface area contributed by atoms with E-state index in [1.165, 1.54) is 10.5 Å². The van der Waals surface area contributed by atoms with Crippen molar-refractivity contribution in [3.8, 4) is 5.75 Å². The van der Waals surface area contributed by atoms with E-state index in [9.17, 15) is 9.59 Å². The molecule has 31 heavy (non-hydrogen) atoms. The van der Waals surface area contributed by atoms with Crippen molar-refractivity contribution >= 4 is 23.6 Å². The molecule has 0 spiro atoms. The first-order valence-corrected chi connectivity index (χ1v) is 11.9. The average Bonchev–Trinajstić information content (AvgIpc) is 2.82. The van der Waals surface area contributed by atoms with Gasteiger partial charge in [0.25, 0.3) is 0 Å². The number of hydrogen-bond donors (Lipinski definition) is 2. The molecule has 3 rings (SSSR count). The van der Waals surface area contributed by atoms with Crippen LogP contribution in [0.25, 0.3) is 0 Å². The first-order valence-electron chi connectivity index (χ1n) is 10.6. The van der Waals surface area contributed by atoms with Gasteiger partial charge in [-0.05, 0) is 55.8 Å². The molecule has 1 aliphatic rings. The molecule has 0 aliphatic carbocycles. The Hall–Kier alpha value is -2.51. The smallest absolute Gasteiger partial charge is 0.309 e. The van der Waals surface area contributed by atoms with Gasteiger partial charge in [0.05, 0.1) is 7.11 Å². The van der Waals surface area contributed by atoms with Gasteiger partial charge in [0.15, 0.2) is 0 Å². The van der Waals surface area contributed by atoms with Crippen LogP contribution in [-0.2, 0) is 22.7 Å². The molecule has 1 fully saturated rings. The van der Waals surface area contributed by atoms with Gasteiger partial charge in [-0.1, -0.05) is 36.4 Å². The van der Waals surface area contributed by atoms with Crippen molar-refractivity contribution in [2.24, 2.45) is 5.92 Å². The number of para-hydroxylation sites is 1. The van der Waals surface area contributed by atoms with Gasteiger partial charge >= 0.3 is 11.8 Å². The van der Waals surface area contributed by atoms with Crippen LogP contribution in [0.2, 0.25) is 0 Å². The Bertz CT molecular complexity index is 882. The Kier molecular flexibility index (Phi) is 8.79. The number of likely N-dealkylation sites (tertiary alicyclic amines) is 1. The minimum atomic E-state index is -0.614.